The van der Waals surface area contributed by atoms with Gasteiger partial charge >= 0.3 is 5.17 Å². The number of rotatable bonds is 2. The maximum Gasteiger partial charge on any atom is 0.307 e. The second-order valence-corrected chi connectivity index (χ2v) is 6.67. The van der Waals surface area contributed by atoms with E-state index in [4.69, 9.17) is 4.98 Å². The third-order valence-electron chi connectivity index (χ3n) is 3.53. The van der Waals surface area contributed by atoms with Crippen molar-refractivity contribution in [2.45, 2.75) is 5.75 Å². The van der Waals surface area contributed by atoms with Crippen LogP contribution in [0.25, 0.3) is 21.8 Å². The van der Waals surface area contributed by atoms with Crippen LogP contribution in [0.5, 0.6) is 0 Å². The van der Waals surface area contributed by atoms with Gasteiger partial charge in [-0.15, -0.1) is 0 Å². The summed E-state index contributed by atoms with van der Waals surface area (Å²) >= 11 is 1.79. The van der Waals surface area contributed by atoms with E-state index in [0.717, 1.165) is 22.6 Å². The van der Waals surface area contributed by atoms with Crippen molar-refractivity contribution in [3.63, 3.8) is 0 Å². The number of imidazole rings is 1. The van der Waals surface area contributed by atoms with Crippen molar-refractivity contribution < 1.29 is 4.58 Å². The normalized spacial score (nSPS) is 11.1. The number of fused-ring (bicyclic) bond motifs is 3. The molecule has 0 unspecified atom stereocenters. The molecule has 4 nitrogen and oxygen atoms in total. The van der Waals surface area contributed by atoms with Gasteiger partial charge in [0.2, 0.25) is 0 Å². The molecular weight excluding hydrogens is 292 g/mol. The number of hydrogen-bond donors (Lipinski definition) is 1. The summed E-state index contributed by atoms with van der Waals surface area (Å²) < 4.78 is 2.13. The zero-order valence-electron chi connectivity index (χ0n) is 13.4. The molecule has 0 aliphatic rings. The number of hydrogen-bond acceptors (Lipinski definition) is 2. The Morgan fingerprint density at radius 2 is 1.95 bits per heavy atom. The van der Waals surface area contributed by atoms with Crippen LogP contribution < -0.4 is 0 Å². The second-order valence-electron chi connectivity index (χ2n) is 5.72. The number of aromatic nitrogens is 2. The van der Waals surface area contributed by atoms with E-state index in [-0.39, 0.29) is 0 Å². The van der Waals surface area contributed by atoms with Crippen molar-refractivity contribution >= 4 is 38.7 Å². The summed E-state index contributed by atoms with van der Waals surface area (Å²) in [6.07, 6.45) is 0. The number of aromatic amines is 1. The van der Waals surface area contributed by atoms with E-state index in [0.29, 0.717) is 0 Å². The van der Waals surface area contributed by atoms with Gasteiger partial charge < -0.3 is 4.98 Å². The molecule has 1 aromatic heterocycles. The van der Waals surface area contributed by atoms with Gasteiger partial charge in [-0.05, 0) is 23.2 Å². The molecule has 0 amide bonds. The molecule has 114 valence electrons. The third-order valence-corrected chi connectivity index (χ3v) is 4.94. The summed E-state index contributed by atoms with van der Waals surface area (Å²) in [6.45, 7) is 0. The van der Waals surface area contributed by atoms with Crippen LogP contribution in [0, 0.1) is 0 Å². The number of nitrogens with zero attached hydrogens (tertiary/aromatic N) is 3. The monoisotopic (exact) mass is 313 g/mol. The maximum atomic E-state index is 4.73. The van der Waals surface area contributed by atoms with Gasteiger partial charge in [-0.25, -0.2) is 4.98 Å². The Morgan fingerprint density at radius 1 is 1.18 bits per heavy atom. The van der Waals surface area contributed by atoms with Crippen LogP contribution in [0.2, 0.25) is 0 Å². The minimum absolute atomic E-state index is 0.828. The average molecular weight is 313 g/mol. The predicted octanol–water partition coefficient (Wildman–Crippen LogP) is 3.14. The average Bonchev–Trinajstić information content (AvgIpc) is 2.90. The van der Waals surface area contributed by atoms with E-state index >= 15 is 0 Å². The molecule has 3 rings (SSSR count). The van der Waals surface area contributed by atoms with Crippen molar-refractivity contribution in [3.8, 4) is 0 Å². The Hall–Kier alpha value is -2.01. The summed E-state index contributed by atoms with van der Waals surface area (Å²) in [6, 6.07) is 12.6. The van der Waals surface area contributed by atoms with E-state index in [2.05, 4.69) is 79.0 Å². The van der Waals surface area contributed by atoms with Crippen molar-refractivity contribution in [2.75, 3.05) is 28.2 Å². The number of H-pyrrole nitrogens is 1. The highest BCUT2D eigenvalue weighted by atomic mass is 32.2. The Labute approximate surface area is 134 Å². The first-order chi connectivity index (χ1) is 10.6. The fourth-order valence-corrected chi connectivity index (χ4v) is 3.58. The summed E-state index contributed by atoms with van der Waals surface area (Å²) in [5.41, 5.74) is 2.16. The molecule has 1 N–H and O–H groups in total. The Balaban J connectivity index is 1.93. The van der Waals surface area contributed by atoms with Crippen LogP contribution in [-0.4, -0.2) is 52.8 Å². The van der Waals surface area contributed by atoms with Crippen LogP contribution in [0.15, 0.2) is 36.4 Å². The molecule has 0 aliphatic heterocycles. The molecule has 22 heavy (non-hydrogen) atoms. The lowest BCUT2D eigenvalue weighted by atomic mass is 10.1. The highest BCUT2D eigenvalue weighted by molar-refractivity contribution is 8.12. The quantitative estimate of drug-likeness (QED) is 0.448. The smallest absolute Gasteiger partial charge is 0.307 e. The van der Waals surface area contributed by atoms with Crippen molar-refractivity contribution in [1.29, 1.82) is 0 Å². The van der Waals surface area contributed by atoms with Gasteiger partial charge in [0.25, 0.3) is 0 Å². The zero-order chi connectivity index (χ0) is 15.7. The van der Waals surface area contributed by atoms with Gasteiger partial charge in [0, 0.05) is 5.39 Å². The first-order valence-corrected chi connectivity index (χ1v) is 8.25. The molecule has 2 aromatic carbocycles. The molecular formula is C17H21N4S+. The summed E-state index contributed by atoms with van der Waals surface area (Å²) in [7, 11) is 8.26. The fourth-order valence-electron chi connectivity index (χ4n) is 2.66. The van der Waals surface area contributed by atoms with Gasteiger partial charge in [0.1, 0.15) is 5.82 Å². The molecule has 3 aromatic rings. The number of thioether (sulfide) groups is 1. The molecule has 0 fully saturated rings. The summed E-state index contributed by atoms with van der Waals surface area (Å²) in [5, 5.41) is 3.69. The Bertz CT molecular complexity index is 844. The van der Waals surface area contributed by atoms with E-state index in [1.54, 1.807) is 11.8 Å². The van der Waals surface area contributed by atoms with E-state index < -0.39 is 0 Å². The second kappa shape index (κ2) is 6.01. The van der Waals surface area contributed by atoms with E-state index in [9.17, 15) is 0 Å². The number of nitrogens with one attached hydrogen (secondary N) is 1. The van der Waals surface area contributed by atoms with Gasteiger partial charge in [-0.2, -0.15) is 0 Å². The summed E-state index contributed by atoms with van der Waals surface area (Å²) in [4.78, 5) is 10.3. The summed E-state index contributed by atoms with van der Waals surface area (Å²) in [5.74, 6) is 1.84. The molecule has 0 saturated heterocycles. The van der Waals surface area contributed by atoms with Crippen LogP contribution >= 0.6 is 11.8 Å². The predicted molar refractivity (Wildman–Crippen MR) is 95.7 cm³/mol. The number of benzene rings is 2. The van der Waals surface area contributed by atoms with Crippen LogP contribution in [0.3, 0.4) is 0 Å². The molecule has 0 saturated carbocycles. The fraction of sp³-hybridized carbons (Fsp3) is 0.294. The minimum Gasteiger partial charge on any atom is -0.341 e. The Morgan fingerprint density at radius 3 is 2.68 bits per heavy atom. The lowest BCUT2D eigenvalue weighted by Gasteiger charge is -2.09. The van der Waals surface area contributed by atoms with Crippen molar-refractivity contribution in [1.82, 2.24) is 14.9 Å². The molecule has 0 bridgehead atoms. The molecule has 5 heteroatoms. The Kier molecular flexibility index (Phi) is 4.07. The van der Waals surface area contributed by atoms with Gasteiger partial charge in [-0.1, -0.05) is 30.3 Å². The van der Waals surface area contributed by atoms with Crippen molar-refractivity contribution in [2.24, 2.45) is 0 Å². The van der Waals surface area contributed by atoms with Gasteiger partial charge in [-0.3, -0.25) is 9.48 Å². The molecule has 0 spiro atoms. The highest BCUT2D eigenvalue weighted by Gasteiger charge is 2.14. The first-order valence-electron chi connectivity index (χ1n) is 7.27. The first kappa shape index (κ1) is 14.9. The molecule has 0 atom stereocenters. The maximum absolute atomic E-state index is 4.73. The molecule has 0 aliphatic carbocycles. The van der Waals surface area contributed by atoms with Crippen LogP contribution in [0.4, 0.5) is 0 Å². The third kappa shape index (κ3) is 2.81. The molecule has 0 radical (unpaired) electrons. The largest absolute Gasteiger partial charge is 0.341 e. The zero-order valence-corrected chi connectivity index (χ0v) is 14.2. The standard InChI is InChI=1S/C17H21N4S/c1-20(2)17(21(3)4)22-11-15-18-14-10-9-12-7-5-6-8-13(12)16(14)19-15/h5-10H,11H2,1-4H3,(H,18,19)/q+1. The SMILES string of the molecule is CN(C)C(SCc1nc2ccc3ccccc3c2[nH]1)=[N+](C)C. The van der Waals surface area contributed by atoms with E-state index in [1.807, 2.05) is 0 Å². The van der Waals surface area contributed by atoms with Gasteiger partial charge in [0.15, 0.2) is 0 Å². The topological polar surface area (TPSA) is 34.9 Å². The van der Waals surface area contributed by atoms with Crippen LogP contribution in [0.1, 0.15) is 5.82 Å². The lowest BCUT2D eigenvalue weighted by molar-refractivity contribution is -0.466. The molecule has 1 heterocycles. The van der Waals surface area contributed by atoms with Crippen LogP contribution in [-0.2, 0) is 5.75 Å². The van der Waals surface area contributed by atoms with E-state index in [1.165, 1.54) is 15.9 Å². The lowest BCUT2D eigenvalue weighted by Crippen LogP contribution is -2.26. The van der Waals surface area contributed by atoms with Gasteiger partial charge in [0.05, 0.1) is 45.0 Å². The highest BCUT2D eigenvalue weighted by Crippen LogP contribution is 2.24. The minimum atomic E-state index is 0.828. The number of amidine groups is 1. The van der Waals surface area contributed by atoms with Crippen molar-refractivity contribution in [3.05, 3.63) is 42.2 Å².